The molecule has 0 bridgehead atoms. The van der Waals surface area contributed by atoms with Crippen molar-refractivity contribution in [2.75, 3.05) is 0 Å². The predicted octanol–water partition coefficient (Wildman–Crippen LogP) is 2.91. The lowest BCUT2D eigenvalue weighted by molar-refractivity contribution is 0.537. The van der Waals surface area contributed by atoms with Gasteiger partial charge in [-0.25, -0.2) is 13.1 Å². The Kier molecular flexibility index (Phi) is 8.36. The van der Waals surface area contributed by atoms with Crippen LogP contribution < -0.4 is 4.72 Å². The van der Waals surface area contributed by atoms with Gasteiger partial charge >= 0.3 is 0 Å². The van der Waals surface area contributed by atoms with E-state index >= 15 is 0 Å². The van der Waals surface area contributed by atoms with Crippen molar-refractivity contribution in [1.82, 2.24) is 4.72 Å². The van der Waals surface area contributed by atoms with Gasteiger partial charge in [-0.3, -0.25) is 0 Å². The molecule has 0 unspecified atom stereocenters. The SMILES string of the molecule is C=C\C=C/C=C\C=C\S(=O)(=O)NC(CC)CC. The summed E-state index contributed by atoms with van der Waals surface area (Å²) in [6, 6.07) is 0.00860. The quantitative estimate of drug-likeness (QED) is 0.678. The molecule has 0 atom stereocenters. The molecule has 0 fully saturated rings. The zero-order valence-electron chi connectivity index (χ0n) is 10.5. The van der Waals surface area contributed by atoms with Crippen molar-refractivity contribution in [3.63, 3.8) is 0 Å². The molecule has 0 spiro atoms. The summed E-state index contributed by atoms with van der Waals surface area (Å²) in [5, 5.41) is 1.17. The lowest BCUT2D eigenvalue weighted by Crippen LogP contribution is -2.32. The van der Waals surface area contributed by atoms with Crippen molar-refractivity contribution in [3.05, 3.63) is 48.4 Å². The van der Waals surface area contributed by atoms with Gasteiger partial charge in [-0.1, -0.05) is 50.8 Å². The Balaban J connectivity index is 4.34. The third-order valence-corrected chi connectivity index (χ3v) is 3.33. The van der Waals surface area contributed by atoms with E-state index in [9.17, 15) is 8.42 Å². The smallest absolute Gasteiger partial charge is 0.209 e. The highest BCUT2D eigenvalue weighted by molar-refractivity contribution is 7.92. The number of allylic oxidation sites excluding steroid dienone is 6. The molecule has 0 radical (unpaired) electrons. The molecule has 0 aromatic rings. The Labute approximate surface area is 105 Å². The lowest BCUT2D eigenvalue weighted by atomic mass is 10.2. The maximum Gasteiger partial charge on any atom is 0.233 e. The zero-order chi connectivity index (χ0) is 13.1. The first kappa shape index (κ1) is 15.9. The molecular formula is C13H21NO2S. The molecule has 17 heavy (non-hydrogen) atoms. The van der Waals surface area contributed by atoms with E-state index in [1.165, 1.54) is 11.5 Å². The average molecular weight is 255 g/mol. The monoisotopic (exact) mass is 255 g/mol. The summed E-state index contributed by atoms with van der Waals surface area (Å²) in [4.78, 5) is 0. The van der Waals surface area contributed by atoms with Gasteiger partial charge in [0.05, 0.1) is 0 Å². The van der Waals surface area contributed by atoms with Crippen molar-refractivity contribution < 1.29 is 8.42 Å². The Bertz CT molecular complexity index is 388. The van der Waals surface area contributed by atoms with Crippen LogP contribution in [0.1, 0.15) is 26.7 Å². The summed E-state index contributed by atoms with van der Waals surface area (Å²) in [6.07, 6.45) is 11.7. The van der Waals surface area contributed by atoms with E-state index in [2.05, 4.69) is 11.3 Å². The van der Waals surface area contributed by atoms with Gasteiger partial charge in [-0.15, -0.1) is 0 Å². The Morgan fingerprint density at radius 3 is 2.12 bits per heavy atom. The molecular weight excluding hydrogens is 234 g/mol. The van der Waals surface area contributed by atoms with Crippen LogP contribution in [0.2, 0.25) is 0 Å². The molecule has 0 saturated carbocycles. The van der Waals surface area contributed by atoms with Crippen LogP contribution in [0.3, 0.4) is 0 Å². The maximum absolute atomic E-state index is 11.6. The largest absolute Gasteiger partial charge is 0.233 e. The Morgan fingerprint density at radius 1 is 1.06 bits per heavy atom. The molecule has 0 aliphatic rings. The van der Waals surface area contributed by atoms with Gasteiger partial charge in [-0.05, 0) is 18.9 Å². The highest BCUT2D eigenvalue weighted by Crippen LogP contribution is 2.00. The minimum absolute atomic E-state index is 0.00860. The van der Waals surface area contributed by atoms with E-state index in [-0.39, 0.29) is 6.04 Å². The van der Waals surface area contributed by atoms with E-state index in [1.807, 2.05) is 13.8 Å². The predicted molar refractivity (Wildman–Crippen MR) is 74.0 cm³/mol. The molecule has 0 amide bonds. The van der Waals surface area contributed by atoms with Gasteiger partial charge in [0.2, 0.25) is 10.0 Å². The first-order chi connectivity index (χ1) is 8.05. The van der Waals surface area contributed by atoms with Crippen LogP contribution in [0.4, 0.5) is 0 Å². The number of rotatable bonds is 8. The van der Waals surface area contributed by atoms with Crippen LogP contribution in [0.5, 0.6) is 0 Å². The summed E-state index contributed by atoms with van der Waals surface area (Å²) in [7, 11) is -3.32. The van der Waals surface area contributed by atoms with Crippen LogP contribution in [-0.4, -0.2) is 14.5 Å². The van der Waals surface area contributed by atoms with Crippen LogP contribution in [0.15, 0.2) is 48.4 Å². The highest BCUT2D eigenvalue weighted by atomic mass is 32.2. The highest BCUT2D eigenvalue weighted by Gasteiger charge is 2.10. The van der Waals surface area contributed by atoms with E-state index < -0.39 is 10.0 Å². The molecule has 0 rings (SSSR count). The molecule has 0 saturated heterocycles. The molecule has 96 valence electrons. The number of sulfonamides is 1. The van der Waals surface area contributed by atoms with E-state index in [0.717, 1.165) is 12.8 Å². The van der Waals surface area contributed by atoms with Gasteiger partial charge in [-0.2, -0.15) is 0 Å². The zero-order valence-corrected chi connectivity index (χ0v) is 11.3. The molecule has 4 heteroatoms. The molecule has 1 N–H and O–H groups in total. The first-order valence-electron chi connectivity index (χ1n) is 5.70. The Morgan fingerprint density at radius 2 is 1.59 bits per heavy atom. The number of hydrogen-bond donors (Lipinski definition) is 1. The van der Waals surface area contributed by atoms with Crippen molar-refractivity contribution in [2.24, 2.45) is 0 Å². The van der Waals surface area contributed by atoms with Gasteiger partial charge in [0.1, 0.15) is 0 Å². The van der Waals surface area contributed by atoms with Crippen molar-refractivity contribution in [3.8, 4) is 0 Å². The van der Waals surface area contributed by atoms with Gasteiger partial charge in [0, 0.05) is 11.4 Å². The fraction of sp³-hybridized carbons (Fsp3) is 0.385. The van der Waals surface area contributed by atoms with Gasteiger partial charge in [0.15, 0.2) is 0 Å². The van der Waals surface area contributed by atoms with Crippen molar-refractivity contribution in [1.29, 1.82) is 0 Å². The average Bonchev–Trinajstić information content (AvgIpc) is 2.30. The minimum atomic E-state index is -3.32. The second kappa shape index (κ2) is 8.96. The summed E-state index contributed by atoms with van der Waals surface area (Å²) < 4.78 is 25.8. The molecule has 3 nitrogen and oxygen atoms in total. The summed E-state index contributed by atoms with van der Waals surface area (Å²) in [5.74, 6) is 0. The third-order valence-electron chi connectivity index (χ3n) is 2.15. The first-order valence-corrected chi connectivity index (χ1v) is 7.25. The van der Waals surface area contributed by atoms with Crippen LogP contribution in [-0.2, 0) is 10.0 Å². The maximum atomic E-state index is 11.6. The molecule has 0 heterocycles. The van der Waals surface area contributed by atoms with Crippen LogP contribution in [0, 0.1) is 0 Å². The van der Waals surface area contributed by atoms with E-state index in [0.29, 0.717) is 0 Å². The molecule has 0 aromatic heterocycles. The van der Waals surface area contributed by atoms with Crippen LogP contribution >= 0.6 is 0 Å². The van der Waals surface area contributed by atoms with Gasteiger partial charge < -0.3 is 0 Å². The van der Waals surface area contributed by atoms with E-state index in [4.69, 9.17) is 0 Å². The molecule has 0 aliphatic carbocycles. The Hall–Kier alpha value is -1.13. The second-order valence-corrected chi connectivity index (χ2v) is 5.11. The standard InChI is InChI=1S/C13H21NO2S/c1-4-7-8-9-10-11-12-17(15,16)14-13(5-2)6-3/h4,7-14H,1,5-6H2,2-3H3/b8-7-,10-9-,12-11+. The van der Waals surface area contributed by atoms with Crippen molar-refractivity contribution >= 4 is 10.0 Å². The number of nitrogens with one attached hydrogen (secondary N) is 1. The molecule has 0 aromatic carbocycles. The summed E-state index contributed by atoms with van der Waals surface area (Å²) in [6.45, 7) is 7.44. The molecule has 0 aliphatic heterocycles. The van der Waals surface area contributed by atoms with E-state index in [1.54, 1.807) is 30.4 Å². The topological polar surface area (TPSA) is 46.2 Å². The third kappa shape index (κ3) is 8.65. The normalized spacial score (nSPS) is 13.4. The fourth-order valence-electron chi connectivity index (χ4n) is 1.15. The minimum Gasteiger partial charge on any atom is -0.209 e. The van der Waals surface area contributed by atoms with Crippen molar-refractivity contribution in [2.45, 2.75) is 32.7 Å². The van der Waals surface area contributed by atoms with Gasteiger partial charge in [0.25, 0.3) is 0 Å². The summed E-state index contributed by atoms with van der Waals surface area (Å²) >= 11 is 0. The summed E-state index contributed by atoms with van der Waals surface area (Å²) in [5.41, 5.74) is 0. The fourth-order valence-corrected chi connectivity index (χ4v) is 2.32. The lowest BCUT2D eigenvalue weighted by Gasteiger charge is -2.12. The van der Waals surface area contributed by atoms with Crippen LogP contribution in [0.25, 0.3) is 0 Å². The second-order valence-electron chi connectivity index (χ2n) is 3.51. The number of hydrogen-bond acceptors (Lipinski definition) is 2.